The number of rotatable bonds is 4. The zero-order valence-electron chi connectivity index (χ0n) is 12.9. The standard InChI is InChI=1S/C18H18N2O3/c1-12(21)11-20-15-8-7-14(19)10-16(15)23-17(18(20)22)9-13-5-3-2-4-6-13/h2-8,10,17H,9,11,19H2,1H3. The van der Waals surface area contributed by atoms with Gasteiger partial charge in [0, 0.05) is 18.2 Å². The minimum Gasteiger partial charge on any atom is -0.478 e. The number of nitrogens with zero attached hydrogens (tertiary/aromatic N) is 1. The molecule has 0 bridgehead atoms. The monoisotopic (exact) mass is 310 g/mol. The van der Waals surface area contributed by atoms with E-state index in [4.69, 9.17) is 10.5 Å². The zero-order valence-corrected chi connectivity index (χ0v) is 12.9. The van der Waals surface area contributed by atoms with Gasteiger partial charge in [-0.25, -0.2) is 0 Å². The fourth-order valence-corrected chi connectivity index (χ4v) is 2.69. The molecule has 1 aliphatic rings. The third kappa shape index (κ3) is 3.18. The summed E-state index contributed by atoms with van der Waals surface area (Å²) >= 11 is 0. The number of carbonyl (C=O) groups is 2. The number of anilines is 2. The molecule has 1 atom stereocenters. The van der Waals surface area contributed by atoms with Crippen LogP contribution in [-0.4, -0.2) is 24.3 Å². The number of benzene rings is 2. The van der Waals surface area contributed by atoms with E-state index >= 15 is 0 Å². The second-order valence-corrected chi connectivity index (χ2v) is 5.65. The summed E-state index contributed by atoms with van der Waals surface area (Å²) in [5.41, 5.74) is 7.95. The van der Waals surface area contributed by atoms with Gasteiger partial charge in [0.05, 0.1) is 12.2 Å². The molecule has 2 aromatic carbocycles. The molecular formula is C18H18N2O3. The minimum atomic E-state index is -0.661. The van der Waals surface area contributed by atoms with Crippen LogP contribution in [0.3, 0.4) is 0 Å². The highest BCUT2D eigenvalue weighted by molar-refractivity contribution is 6.04. The first-order chi connectivity index (χ1) is 11.0. The van der Waals surface area contributed by atoms with Crippen molar-refractivity contribution >= 4 is 23.1 Å². The Hall–Kier alpha value is -2.82. The van der Waals surface area contributed by atoms with Gasteiger partial charge in [-0.2, -0.15) is 0 Å². The molecule has 0 radical (unpaired) electrons. The number of nitrogen functional groups attached to an aromatic ring is 1. The first-order valence-corrected chi connectivity index (χ1v) is 7.45. The summed E-state index contributed by atoms with van der Waals surface area (Å²) in [6, 6.07) is 14.7. The molecule has 23 heavy (non-hydrogen) atoms. The average Bonchev–Trinajstić information content (AvgIpc) is 2.52. The van der Waals surface area contributed by atoms with Crippen molar-refractivity contribution in [2.45, 2.75) is 19.4 Å². The predicted octanol–water partition coefficient (Wildman–Crippen LogP) is 2.19. The largest absolute Gasteiger partial charge is 0.478 e. The molecule has 2 N–H and O–H groups in total. The Morgan fingerprint density at radius 1 is 1.22 bits per heavy atom. The van der Waals surface area contributed by atoms with Gasteiger partial charge in [0.25, 0.3) is 5.91 Å². The summed E-state index contributed by atoms with van der Waals surface area (Å²) in [4.78, 5) is 25.8. The molecule has 1 heterocycles. The van der Waals surface area contributed by atoms with Crippen molar-refractivity contribution in [1.82, 2.24) is 0 Å². The molecule has 118 valence electrons. The van der Waals surface area contributed by atoms with Crippen LogP contribution in [0.4, 0.5) is 11.4 Å². The molecule has 0 saturated heterocycles. The Labute approximate surface area is 134 Å². The van der Waals surface area contributed by atoms with Crippen molar-refractivity contribution in [2.24, 2.45) is 0 Å². The van der Waals surface area contributed by atoms with Crippen LogP contribution in [-0.2, 0) is 16.0 Å². The minimum absolute atomic E-state index is 0.0321. The number of fused-ring (bicyclic) bond motifs is 1. The molecule has 1 amide bonds. The number of hydrogen-bond acceptors (Lipinski definition) is 4. The van der Waals surface area contributed by atoms with Crippen molar-refractivity contribution in [3.63, 3.8) is 0 Å². The van der Waals surface area contributed by atoms with E-state index in [2.05, 4.69) is 0 Å². The van der Waals surface area contributed by atoms with Crippen LogP contribution in [0.2, 0.25) is 0 Å². The fourth-order valence-electron chi connectivity index (χ4n) is 2.69. The van der Waals surface area contributed by atoms with Gasteiger partial charge in [0.2, 0.25) is 0 Å². The molecule has 3 rings (SSSR count). The molecule has 5 heteroatoms. The Balaban J connectivity index is 1.94. The maximum atomic E-state index is 12.7. The molecular weight excluding hydrogens is 292 g/mol. The Bertz CT molecular complexity index is 743. The van der Waals surface area contributed by atoms with Gasteiger partial charge in [0.15, 0.2) is 6.10 Å². The molecule has 0 spiro atoms. The van der Waals surface area contributed by atoms with Crippen molar-refractivity contribution in [1.29, 1.82) is 0 Å². The Morgan fingerprint density at radius 3 is 2.65 bits per heavy atom. The summed E-state index contributed by atoms with van der Waals surface area (Å²) in [6.07, 6.45) is -0.214. The predicted molar refractivity (Wildman–Crippen MR) is 88.5 cm³/mol. The van der Waals surface area contributed by atoms with Gasteiger partial charge in [-0.1, -0.05) is 30.3 Å². The summed E-state index contributed by atoms with van der Waals surface area (Å²) < 4.78 is 5.86. The highest BCUT2D eigenvalue weighted by Crippen LogP contribution is 2.36. The maximum Gasteiger partial charge on any atom is 0.268 e. The number of amides is 1. The summed E-state index contributed by atoms with van der Waals surface area (Å²) in [7, 11) is 0. The van der Waals surface area contributed by atoms with Gasteiger partial charge in [-0.15, -0.1) is 0 Å². The SMILES string of the molecule is CC(=O)CN1C(=O)C(Cc2ccccc2)Oc2cc(N)ccc21. The topological polar surface area (TPSA) is 72.6 Å². The molecule has 0 aliphatic carbocycles. The highest BCUT2D eigenvalue weighted by atomic mass is 16.5. The van der Waals surface area contributed by atoms with Crippen molar-refractivity contribution in [2.75, 3.05) is 17.2 Å². The summed E-state index contributed by atoms with van der Waals surface area (Å²) in [6.45, 7) is 1.50. The molecule has 0 fully saturated rings. The lowest BCUT2D eigenvalue weighted by Gasteiger charge is -2.34. The molecule has 0 aromatic heterocycles. The van der Waals surface area contributed by atoms with Crippen molar-refractivity contribution in [3.05, 3.63) is 54.1 Å². The van der Waals surface area contributed by atoms with E-state index in [1.807, 2.05) is 30.3 Å². The van der Waals surface area contributed by atoms with Gasteiger partial charge < -0.3 is 10.5 Å². The van der Waals surface area contributed by atoms with Crippen LogP contribution in [0.5, 0.6) is 5.75 Å². The van der Waals surface area contributed by atoms with Crippen LogP contribution in [0.25, 0.3) is 0 Å². The quantitative estimate of drug-likeness (QED) is 0.879. The van der Waals surface area contributed by atoms with E-state index in [0.717, 1.165) is 5.56 Å². The van der Waals surface area contributed by atoms with Gasteiger partial charge in [-0.05, 0) is 24.6 Å². The van der Waals surface area contributed by atoms with E-state index in [0.29, 0.717) is 23.5 Å². The summed E-state index contributed by atoms with van der Waals surface area (Å²) in [5.74, 6) is 0.245. The van der Waals surface area contributed by atoms with Crippen LogP contribution in [0, 0.1) is 0 Å². The second kappa shape index (κ2) is 6.12. The third-order valence-electron chi connectivity index (χ3n) is 3.73. The van der Waals surface area contributed by atoms with E-state index in [9.17, 15) is 9.59 Å². The number of nitrogens with two attached hydrogens (primary N) is 1. The van der Waals surface area contributed by atoms with E-state index < -0.39 is 6.10 Å². The molecule has 1 aliphatic heterocycles. The van der Waals surface area contributed by atoms with E-state index in [1.165, 1.54) is 11.8 Å². The lowest BCUT2D eigenvalue weighted by molar-refractivity contribution is -0.128. The van der Waals surface area contributed by atoms with Gasteiger partial charge in [-0.3, -0.25) is 14.5 Å². The number of ether oxygens (including phenoxy) is 1. The average molecular weight is 310 g/mol. The van der Waals surface area contributed by atoms with Crippen molar-refractivity contribution in [3.8, 4) is 5.75 Å². The van der Waals surface area contributed by atoms with Crippen LogP contribution in [0.15, 0.2) is 48.5 Å². The lowest BCUT2D eigenvalue weighted by atomic mass is 10.0. The highest BCUT2D eigenvalue weighted by Gasteiger charge is 2.35. The number of carbonyl (C=O) groups excluding carboxylic acids is 2. The maximum absolute atomic E-state index is 12.7. The van der Waals surface area contributed by atoms with Crippen molar-refractivity contribution < 1.29 is 14.3 Å². The Morgan fingerprint density at radius 2 is 1.96 bits per heavy atom. The van der Waals surface area contributed by atoms with Crippen LogP contribution < -0.4 is 15.4 Å². The Kier molecular flexibility index (Phi) is 4.02. The molecule has 0 saturated carbocycles. The zero-order chi connectivity index (χ0) is 16.4. The smallest absolute Gasteiger partial charge is 0.268 e. The van der Waals surface area contributed by atoms with Gasteiger partial charge >= 0.3 is 0 Å². The number of hydrogen-bond donors (Lipinski definition) is 1. The first-order valence-electron chi connectivity index (χ1n) is 7.45. The normalized spacial score (nSPS) is 16.7. The molecule has 1 unspecified atom stereocenters. The lowest BCUT2D eigenvalue weighted by Crippen LogP contribution is -2.48. The third-order valence-corrected chi connectivity index (χ3v) is 3.73. The van der Waals surface area contributed by atoms with Crippen LogP contribution >= 0.6 is 0 Å². The van der Waals surface area contributed by atoms with Gasteiger partial charge in [0.1, 0.15) is 11.5 Å². The molecule has 5 nitrogen and oxygen atoms in total. The number of Topliss-reactive ketones (excluding diaryl/α,β-unsaturated/α-hetero) is 1. The fraction of sp³-hybridized carbons (Fsp3) is 0.222. The molecule has 2 aromatic rings. The second-order valence-electron chi connectivity index (χ2n) is 5.65. The van der Waals surface area contributed by atoms with E-state index in [1.54, 1.807) is 18.2 Å². The van der Waals surface area contributed by atoms with Crippen LogP contribution in [0.1, 0.15) is 12.5 Å². The summed E-state index contributed by atoms with van der Waals surface area (Å²) in [5, 5.41) is 0. The number of ketones is 1. The first kappa shape index (κ1) is 15.1. The van der Waals surface area contributed by atoms with E-state index in [-0.39, 0.29) is 18.2 Å².